The number of aliphatic carboxylic acids is 1. The number of carboxylic acids is 1. The van der Waals surface area contributed by atoms with E-state index in [9.17, 15) is 9.90 Å². The van der Waals surface area contributed by atoms with Crippen molar-refractivity contribution in [2.75, 3.05) is 24.6 Å². The van der Waals surface area contributed by atoms with Crippen molar-refractivity contribution in [2.24, 2.45) is 0 Å². The Kier molecular flexibility index (Phi) is 6.95. The van der Waals surface area contributed by atoms with Crippen LogP contribution in [-0.4, -0.2) is 56.6 Å². The van der Waals surface area contributed by atoms with Gasteiger partial charge in [-0.2, -0.15) is 9.61 Å². The second kappa shape index (κ2) is 10.1. The molecule has 5 rings (SSSR count). The topological polar surface area (TPSA) is 89.2 Å². The zero-order chi connectivity index (χ0) is 27.9. The molecule has 0 radical (unpaired) electrons. The minimum atomic E-state index is -1.21. The van der Waals surface area contributed by atoms with Crippen LogP contribution in [0.5, 0.6) is 0 Å². The van der Waals surface area contributed by atoms with Crippen LogP contribution in [0.1, 0.15) is 52.0 Å². The number of carbonyl (C=O) groups is 1. The standard InChI is InChI=1S/C31H36N4O4/c1-20-26(27(29(36)37)39-30(2,3)4)28(34-15-16-38-31(5,6)19-34)35-25(32-20)18-24(33-35)23-14-10-13-22(17-23)21-11-8-7-9-12-21/h7-14,17-18,27H,15-16,19H2,1-6H3,(H,36,37)/t27-/m0/s1. The molecule has 4 aromatic rings. The number of aryl methyl sites for hydroxylation is 1. The second-order valence-electron chi connectivity index (χ2n) is 11.7. The van der Waals surface area contributed by atoms with Crippen molar-refractivity contribution in [3.05, 3.63) is 71.9 Å². The molecule has 2 aromatic heterocycles. The van der Waals surface area contributed by atoms with Crippen molar-refractivity contribution in [3.63, 3.8) is 0 Å². The second-order valence-corrected chi connectivity index (χ2v) is 11.7. The van der Waals surface area contributed by atoms with E-state index in [1.807, 2.05) is 77.9 Å². The van der Waals surface area contributed by atoms with Crippen molar-refractivity contribution < 1.29 is 19.4 Å². The molecule has 1 aliphatic heterocycles. The Balaban J connectivity index is 1.70. The first kappa shape index (κ1) is 26.8. The van der Waals surface area contributed by atoms with E-state index in [1.54, 1.807) is 4.52 Å². The Morgan fingerprint density at radius 3 is 2.41 bits per heavy atom. The van der Waals surface area contributed by atoms with Gasteiger partial charge in [0.15, 0.2) is 11.8 Å². The van der Waals surface area contributed by atoms with Gasteiger partial charge in [0, 0.05) is 30.4 Å². The van der Waals surface area contributed by atoms with Gasteiger partial charge in [0.1, 0.15) is 5.82 Å². The SMILES string of the molecule is Cc1nc2cc(-c3cccc(-c4ccccc4)c3)nn2c(N2CCOC(C)(C)C2)c1[C@H](OC(C)(C)C)C(=O)O. The predicted molar refractivity (Wildman–Crippen MR) is 152 cm³/mol. The summed E-state index contributed by atoms with van der Waals surface area (Å²) in [6.07, 6.45) is -1.21. The van der Waals surface area contributed by atoms with Crippen molar-refractivity contribution in [1.82, 2.24) is 14.6 Å². The van der Waals surface area contributed by atoms with Crippen LogP contribution in [0.3, 0.4) is 0 Å². The Hall–Kier alpha value is -3.75. The molecule has 1 aliphatic rings. The summed E-state index contributed by atoms with van der Waals surface area (Å²) >= 11 is 0. The molecule has 8 nitrogen and oxygen atoms in total. The van der Waals surface area contributed by atoms with Crippen LogP contribution in [0.2, 0.25) is 0 Å². The molecule has 1 fully saturated rings. The summed E-state index contributed by atoms with van der Waals surface area (Å²) in [5, 5.41) is 15.3. The fourth-order valence-corrected chi connectivity index (χ4v) is 5.14. The number of aromatic nitrogens is 3. The summed E-state index contributed by atoms with van der Waals surface area (Å²) in [5.74, 6) is -0.387. The average Bonchev–Trinajstić information content (AvgIpc) is 3.29. The average molecular weight is 529 g/mol. The lowest BCUT2D eigenvalue weighted by Crippen LogP contribution is -2.49. The van der Waals surface area contributed by atoms with E-state index < -0.39 is 23.3 Å². The Bertz CT molecular complexity index is 1500. The highest BCUT2D eigenvalue weighted by molar-refractivity contribution is 5.79. The zero-order valence-corrected chi connectivity index (χ0v) is 23.4. The van der Waals surface area contributed by atoms with Gasteiger partial charge in [-0.25, -0.2) is 9.78 Å². The molecule has 0 spiro atoms. The number of carboxylic acid groups (broad SMARTS) is 1. The van der Waals surface area contributed by atoms with Gasteiger partial charge in [0.05, 0.1) is 29.1 Å². The Morgan fingerprint density at radius 2 is 1.74 bits per heavy atom. The van der Waals surface area contributed by atoms with Gasteiger partial charge in [-0.15, -0.1) is 0 Å². The monoisotopic (exact) mass is 528 g/mol. The number of anilines is 1. The van der Waals surface area contributed by atoms with E-state index in [-0.39, 0.29) is 0 Å². The Labute approximate surface area is 229 Å². The summed E-state index contributed by atoms with van der Waals surface area (Å²) in [6.45, 7) is 13.2. The third kappa shape index (κ3) is 5.67. The lowest BCUT2D eigenvalue weighted by molar-refractivity contribution is -0.160. The summed E-state index contributed by atoms with van der Waals surface area (Å²) in [6, 6.07) is 20.4. The molecule has 0 unspecified atom stereocenters. The summed E-state index contributed by atoms with van der Waals surface area (Å²) < 4.78 is 13.9. The fraction of sp³-hybridized carbons (Fsp3) is 0.387. The molecule has 0 amide bonds. The van der Waals surface area contributed by atoms with E-state index in [4.69, 9.17) is 19.6 Å². The molecule has 0 bridgehead atoms. The first-order chi connectivity index (χ1) is 18.4. The quantitative estimate of drug-likeness (QED) is 0.332. The molecule has 3 heterocycles. The van der Waals surface area contributed by atoms with Crippen LogP contribution in [-0.2, 0) is 14.3 Å². The molecule has 2 aromatic carbocycles. The molecule has 39 heavy (non-hydrogen) atoms. The van der Waals surface area contributed by atoms with Gasteiger partial charge in [-0.1, -0.05) is 48.5 Å². The minimum absolute atomic E-state index is 0.414. The predicted octanol–water partition coefficient (Wildman–Crippen LogP) is 5.93. The fourth-order valence-electron chi connectivity index (χ4n) is 5.14. The molecule has 8 heteroatoms. The Morgan fingerprint density at radius 1 is 1.05 bits per heavy atom. The third-order valence-corrected chi connectivity index (χ3v) is 6.75. The minimum Gasteiger partial charge on any atom is -0.479 e. The molecule has 1 atom stereocenters. The van der Waals surface area contributed by atoms with Gasteiger partial charge in [-0.05, 0) is 58.7 Å². The van der Waals surface area contributed by atoms with E-state index in [1.165, 1.54) is 0 Å². The summed E-state index contributed by atoms with van der Waals surface area (Å²) in [5.41, 5.74) is 4.59. The first-order valence-electron chi connectivity index (χ1n) is 13.3. The first-order valence-corrected chi connectivity index (χ1v) is 13.3. The molecule has 1 saturated heterocycles. The maximum Gasteiger partial charge on any atom is 0.337 e. The van der Waals surface area contributed by atoms with Crippen LogP contribution in [0.25, 0.3) is 28.0 Å². The molecular formula is C31H36N4O4. The number of fused-ring (bicyclic) bond motifs is 1. The number of benzene rings is 2. The highest BCUT2D eigenvalue weighted by Crippen LogP contribution is 2.37. The summed E-state index contributed by atoms with van der Waals surface area (Å²) in [7, 11) is 0. The molecule has 0 aliphatic carbocycles. The van der Waals surface area contributed by atoms with Gasteiger partial charge in [0.25, 0.3) is 0 Å². The van der Waals surface area contributed by atoms with Crippen molar-refractivity contribution in [3.8, 4) is 22.4 Å². The van der Waals surface area contributed by atoms with E-state index >= 15 is 0 Å². The lowest BCUT2D eigenvalue weighted by atomic mass is 10.0. The van der Waals surface area contributed by atoms with Crippen molar-refractivity contribution in [1.29, 1.82) is 0 Å². The normalized spacial score (nSPS) is 16.4. The van der Waals surface area contributed by atoms with Crippen LogP contribution in [0.15, 0.2) is 60.7 Å². The van der Waals surface area contributed by atoms with Crippen molar-refractivity contribution in [2.45, 2.75) is 58.8 Å². The van der Waals surface area contributed by atoms with E-state index in [0.29, 0.717) is 42.4 Å². The van der Waals surface area contributed by atoms with Crippen LogP contribution in [0.4, 0.5) is 5.82 Å². The van der Waals surface area contributed by atoms with Gasteiger partial charge in [-0.3, -0.25) is 0 Å². The van der Waals surface area contributed by atoms with Crippen LogP contribution < -0.4 is 4.90 Å². The van der Waals surface area contributed by atoms with E-state index in [0.717, 1.165) is 22.4 Å². The zero-order valence-electron chi connectivity index (χ0n) is 23.4. The summed E-state index contributed by atoms with van der Waals surface area (Å²) in [4.78, 5) is 19.6. The smallest absolute Gasteiger partial charge is 0.337 e. The van der Waals surface area contributed by atoms with E-state index in [2.05, 4.69) is 29.2 Å². The number of hydrogen-bond donors (Lipinski definition) is 1. The van der Waals surface area contributed by atoms with Gasteiger partial charge >= 0.3 is 5.97 Å². The molecule has 1 N–H and O–H groups in total. The molecule has 0 saturated carbocycles. The van der Waals surface area contributed by atoms with Gasteiger partial charge < -0.3 is 19.5 Å². The van der Waals surface area contributed by atoms with Crippen LogP contribution in [0, 0.1) is 6.92 Å². The number of hydrogen-bond acceptors (Lipinski definition) is 6. The largest absolute Gasteiger partial charge is 0.479 e. The van der Waals surface area contributed by atoms with Crippen molar-refractivity contribution >= 4 is 17.4 Å². The van der Waals surface area contributed by atoms with Crippen LogP contribution >= 0.6 is 0 Å². The number of ether oxygens (including phenoxy) is 2. The number of rotatable bonds is 6. The highest BCUT2D eigenvalue weighted by Gasteiger charge is 2.37. The lowest BCUT2D eigenvalue weighted by Gasteiger charge is -2.40. The maximum absolute atomic E-state index is 12.6. The maximum atomic E-state index is 12.6. The highest BCUT2D eigenvalue weighted by atomic mass is 16.5. The molecular weight excluding hydrogens is 492 g/mol. The molecule has 204 valence electrons. The number of nitrogens with zero attached hydrogens (tertiary/aromatic N) is 4. The van der Waals surface area contributed by atoms with Gasteiger partial charge in [0.2, 0.25) is 0 Å². The third-order valence-electron chi connectivity index (χ3n) is 6.75. The number of morpholine rings is 1.